The van der Waals surface area contributed by atoms with E-state index < -0.39 is 0 Å². The molecule has 0 aliphatic carbocycles. The highest BCUT2D eigenvalue weighted by Gasteiger charge is 2.09. The van der Waals surface area contributed by atoms with Crippen molar-refractivity contribution in [3.05, 3.63) is 64.2 Å². The van der Waals surface area contributed by atoms with Gasteiger partial charge in [-0.25, -0.2) is 9.37 Å². The number of nitrogens with zero attached hydrogens (tertiary/aromatic N) is 1. The van der Waals surface area contributed by atoms with Crippen LogP contribution in [0.1, 0.15) is 19.4 Å². The molecule has 0 unspecified atom stereocenters. The highest BCUT2D eigenvalue weighted by Crippen LogP contribution is 2.20. The minimum absolute atomic E-state index is 0.0348. The van der Waals surface area contributed by atoms with Gasteiger partial charge in [-0.05, 0) is 32.0 Å². The van der Waals surface area contributed by atoms with Gasteiger partial charge in [0.1, 0.15) is 11.6 Å². The van der Waals surface area contributed by atoms with Crippen LogP contribution in [0.3, 0.4) is 0 Å². The Bertz CT molecular complexity index is 903. The number of ether oxygens (including phenoxy) is 1. The molecule has 2 aromatic carbocycles. The van der Waals surface area contributed by atoms with Crippen molar-refractivity contribution in [2.24, 2.45) is 0 Å². The Labute approximate surface area is 133 Å². The van der Waals surface area contributed by atoms with E-state index in [1.165, 1.54) is 6.07 Å². The highest BCUT2D eigenvalue weighted by molar-refractivity contribution is 5.79. The van der Waals surface area contributed by atoms with E-state index in [1.54, 1.807) is 30.3 Å². The molecule has 0 aliphatic rings. The summed E-state index contributed by atoms with van der Waals surface area (Å²) in [6.45, 7) is 4.01. The van der Waals surface area contributed by atoms with Crippen molar-refractivity contribution in [2.75, 3.05) is 0 Å². The van der Waals surface area contributed by atoms with Crippen molar-refractivity contribution in [3.63, 3.8) is 0 Å². The first-order valence-corrected chi connectivity index (χ1v) is 7.44. The minimum Gasteiger partial charge on any atom is -0.374 e. The van der Waals surface area contributed by atoms with E-state index in [9.17, 15) is 9.18 Å². The Kier molecular flexibility index (Phi) is 4.21. The second-order valence-electron chi connectivity index (χ2n) is 5.60. The van der Waals surface area contributed by atoms with Gasteiger partial charge in [-0.15, -0.1) is 0 Å². The normalized spacial score (nSPS) is 11.3. The Morgan fingerprint density at radius 2 is 2.00 bits per heavy atom. The van der Waals surface area contributed by atoms with Gasteiger partial charge in [0.05, 0.1) is 23.6 Å². The summed E-state index contributed by atoms with van der Waals surface area (Å²) in [5.41, 5.74) is 1.35. The van der Waals surface area contributed by atoms with Crippen LogP contribution in [0.25, 0.3) is 22.3 Å². The van der Waals surface area contributed by atoms with E-state index in [0.717, 1.165) is 0 Å². The average Bonchev–Trinajstić information content (AvgIpc) is 2.53. The Balaban J connectivity index is 1.99. The van der Waals surface area contributed by atoms with Gasteiger partial charge in [0.25, 0.3) is 5.56 Å². The monoisotopic (exact) mass is 312 g/mol. The maximum atomic E-state index is 14.2. The molecule has 0 atom stereocenters. The number of para-hydroxylation sites is 1. The maximum Gasteiger partial charge on any atom is 0.259 e. The van der Waals surface area contributed by atoms with Crippen LogP contribution in [0.15, 0.2) is 47.3 Å². The summed E-state index contributed by atoms with van der Waals surface area (Å²) >= 11 is 0. The predicted octanol–water partition coefficient (Wildman–Crippen LogP) is 3.65. The molecule has 1 aromatic heterocycles. The zero-order chi connectivity index (χ0) is 16.4. The molecule has 1 heterocycles. The molecule has 3 aromatic rings. The fourth-order valence-electron chi connectivity index (χ4n) is 2.29. The largest absolute Gasteiger partial charge is 0.374 e. The molecule has 0 amide bonds. The molecule has 4 nitrogen and oxygen atoms in total. The van der Waals surface area contributed by atoms with Gasteiger partial charge in [0, 0.05) is 11.1 Å². The van der Waals surface area contributed by atoms with Gasteiger partial charge >= 0.3 is 0 Å². The van der Waals surface area contributed by atoms with Crippen LogP contribution in [0.4, 0.5) is 4.39 Å². The lowest BCUT2D eigenvalue weighted by Gasteiger charge is -2.09. The lowest BCUT2D eigenvalue weighted by Crippen LogP contribution is -2.09. The predicted molar refractivity (Wildman–Crippen MR) is 87.7 cm³/mol. The van der Waals surface area contributed by atoms with Crippen molar-refractivity contribution < 1.29 is 9.13 Å². The fraction of sp³-hybridized carbons (Fsp3) is 0.222. The summed E-state index contributed by atoms with van der Waals surface area (Å²) in [4.78, 5) is 19.2. The molecule has 0 saturated carbocycles. The maximum absolute atomic E-state index is 14.2. The third-order valence-corrected chi connectivity index (χ3v) is 3.51. The topological polar surface area (TPSA) is 55.0 Å². The van der Waals surface area contributed by atoms with Crippen molar-refractivity contribution in [3.8, 4) is 11.4 Å². The van der Waals surface area contributed by atoms with E-state index in [4.69, 9.17) is 4.74 Å². The molecule has 0 aliphatic heterocycles. The first kappa shape index (κ1) is 15.4. The number of aromatic amines is 1. The van der Waals surface area contributed by atoms with Gasteiger partial charge in [0.15, 0.2) is 0 Å². The highest BCUT2D eigenvalue weighted by atomic mass is 19.1. The average molecular weight is 312 g/mol. The van der Waals surface area contributed by atoms with Crippen LogP contribution in [0.2, 0.25) is 0 Å². The SMILES string of the molecule is CC(C)OCc1ccc(-c2nc3ccccc3c(=O)[nH]2)cc1F. The van der Waals surface area contributed by atoms with Crippen molar-refractivity contribution in [2.45, 2.75) is 26.6 Å². The van der Waals surface area contributed by atoms with Crippen molar-refractivity contribution >= 4 is 10.9 Å². The molecule has 0 saturated heterocycles. The molecule has 0 radical (unpaired) electrons. The van der Waals surface area contributed by atoms with E-state index >= 15 is 0 Å². The van der Waals surface area contributed by atoms with E-state index in [-0.39, 0.29) is 24.1 Å². The zero-order valence-corrected chi connectivity index (χ0v) is 13.0. The number of nitrogens with one attached hydrogen (secondary N) is 1. The van der Waals surface area contributed by atoms with Crippen molar-refractivity contribution in [1.82, 2.24) is 9.97 Å². The lowest BCUT2D eigenvalue weighted by atomic mass is 10.1. The fourth-order valence-corrected chi connectivity index (χ4v) is 2.29. The molecule has 1 N–H and O–H groups in total. The number of benzene rings is 2. The number of hydrogen-bond donors (Lipinski definition) is 1. The van der Waals surface area contributed by atoms with Gasteiger partial charge in [-0.2, -0.15) is 0 Å². The number of halogens is 1. The number of fused-ring (bicyclic) bond motifs is 1. The molecular formula is C18H17FN2O2. The standard InChI is InChI=1S/C18H17FN2O2/c1-11(2)23-10-13-8-7-12(9-15(13)19)17-20-16-6-4-3-5-14(16)18(22)21-17/h3-9,11H,10H2,1-2H3,(H,20,21,22). The van der Waals surface area contributed by atoms with Crippen LogP contribution in [0.5, 0.6) is 0 Å². The van der Waals surface area contributed by atoms with E-state index in [2.05, 4.69) is 9.97 Å². The smallest absolute Gasteiger partial charge is 0.259 e. The summed E-state index contributed by atoms with van der Waals surface area (Å²) in [7, 11) is 0. The first-order valence-electron chi connectivity index (χ1n) is 7.44. The summed E-state index contributed by atoms with van der Waals surface area (Å²) in [5, 5.41) is 0.513. The molecule has 0 bridgehead atoms. The first-order chi connectivity index (χ1) is 11.0. The summed E-state index contributed by atoms with van der Waals surface area (Å²) < 4.78 is 19.6. The molecule has 5 heteroatoms. The molecule has 0 spiro atoms. The second-order valence-corrected chi connectivity index (χ2v) is 5.60. The van der Waals surface area contributed by atoms with Crippen LogP contribution in [-0.4, -0.2) is 16.1 Å². The van der Waals surface area contributed by atoms with E-state index in [1.807, 2.05) is 19.9 Å². The Hall–Kier alpha value is -2.53. The summed E-state index contributed by atoms with van der Waals surface area (Å²) in [5.74, 6) is -0.0251. The van der Waals surface area contributed by atoms with Crippen LogP contribution < -0.4 is 5.56 Å². The molecule has 118 valence electrons. The second kappa shape index (κ2) is 6.30. The van der Waals surface area contributed by atoms with Crippen LogP contribution in [-0.2, 0) is 11.3 Å². The van der Waals surface area contributed by atoms with Gasteiger partial charge in [-0.1, -0.05) is 24.3 Å². The van der Waals surface area contributed by atoms with E-state index in [0.29, 0.717) is 27.9 Å². The van der Waals surface area contributed by atoms with Crippen LogP contribution >= 0.6 is 0 Å². The zero-order valence-electron chi connectivity index (χ0n) is 13.0. The lowest BCUT2D eigenvalue weighted by molar-refractivity contribution is 0.0639. The number of rotatable bonds is 4. The van der Waals surface area contributed by atoms with Crippen molar-refractivity contribution in [1.29, 1.82) is 0 Å². The Morgan fingerprint density at radius 1 is 1.22 bits per heavy atom. The van der Waals surface area contributed by atoms with Crippen LogP contribution in [0, 0.1) is 5.82 Å². The van der Waals surface area contributed by atoms with Gasteiger partial charge in [0.2, 0.25) is 0 Å². The quantitative estimate of drug-likeness (QED) is 0.800. The molecular weight excluding hydrogens is 295 g/mol. The number of aromatic nitrogens is 2. The Morgan fingerprint density at radius 3 is 2.74 bits per heavy atom. The van der Waals surface area contributed by atoms with Gasteiger partial charge < -0.3 is 9.72 Å². The summed E-state index contributed by atoms with van der Waals surface area (Å²) in [6.07, 6.45) is 0.0348. The third-order valence-electron chi connectivity index (χ3n) is 3.51. The number of H-pyrrole nitrogens is 1. The van der Waals surface area contributed by atoms with Gasteiger partial charge in [-0.3, -0.25) is 4.79 Å². The number of hydrogen-bond acceptors (Lipinski definition) is 3. The third kappa shape index (κ3) is 3.29. The molecule has 23 heavy (non-hydrogen) atoms. The molecule has 0 fully saturated rings. The minimum atomic E-state index is -0.376. The molecule has 3 rings (SSSR count). The summed E-state index contributed by atoms with van der Waals surface area (Å²) in [6, 6.07) is 11.8.